The lowest BCUT2D eigenvalue weighted by Gasteiger charge is -2.30. The molecule has 3 atom stereocenters. The molecular formula is C21H26N4O3. The number of carbonyl (C=O) groups excluding carboxylic acids is 1. The molecule has 1 aliphatic heterocycles. The van der Waals surface area contributed by atoms with Crippen LogP contribution in [-0.4, -0.2) is 52.1 Å². The van der Waals surface area contributed by atoms with Gasteiger partial charge in [0.1, 0.15) is 5.69 Å². The van der Waals surface area contributed by atoms with Crippen LogP contribution < -0.4 is 5.56 Å². The van der Waals surface area contributed by atoms with Gasteiger partial charge in [-0.3, -0.25) is 14.6 Å². The van der Waals surface area contributed by atoms with E-state index in [1.165, 1.54) is 0 Å². The van der Waals surface area contributed by atoms with Crippen molar-refractivity contribution in [2.45, 2.75) is 44.1 Å². The third-order valence-electron chi connectivity index (χ3n) is 5.90. The predicted octanol–water partition coefficient (Wildman–Crippen LogP) is 2.35. The van der Waals surface area contributed by atoms with Crippen molar-refractivity contribution in [3.8, 4) is 11.5 Å². The molecule has 2 aliphatic rings. The van der Waals surface area contributed by atoms with Crippen molar-refractivity contribution in [2.75, 3.05) is 20.2 Å². The van der Waals surface area contributed by atoms with E-state index in [-0.39, 0.29) is 29.4 Å². The number of aromatic nitrogens is 3. The van der Waals surface area contributed by atoms with Crippen LogP contribution in [0.2, 0.25) is 0 Å². The topological polar surface area (TPSA) is 88.2 Å². The number of nitrogens with zero attached hydrogens (tertiary/aromatic N) is 3. The summed E-state index contributed by atoms with van der Waals surface area (Å²) in [5.74, 6) is 0.825. The summed E-state index contributed by atoms with van der Waals surface area (Å²) in [6.45, 7) is 1.33. The van der Waals surface area contributed by atoms with Gasteiger partial charge in [-0.1, -0.05) is 12.5 Å². The Morgan fingerprint density at radius 2 is 2.18 bits per heavy atom. The van der Waals surface area contributed by atoms with E-state index in [2.05, 4.69) is 15.0 Å². The van der Waals surface area contributed by atoms with Crippen molar-refractivity contribution in [1.29, 1.82) is 0 Å². The van der Waals surface area contributed by atoms with Gasteiger partial charge in [-0.2, -0.15) is 0 Å². The second kappa shape index (κ2) is 8.22. The first kappa shape index (κ1) is 18.8. The van der Waals surface area contributed by atoms with Gasteiger partial charge in [0.2, 0.25) is 5.91 Å². The minimum absolute atomic E-state index is 0.0497. The number of pyridine rings is 1. The fourth-order valence-corrected chi connectivity index (χ4v) is 4.35. The van der Waals surface area contributed by atoms with Crippen LogP contribution in [0, 0.1) is 5.92 Å². The summed E-state index contributed by atoms with van der Waals surface area (Å²) < 4.78 is 5.47. The average Bonchev–Trinajstić information content (AvgIpc) is 3.24. The van der Waals surface area contributed by atoms with Gasteiger partial charge in [0.05, 0.1) is 11.8 Å². The maximum absolute atomic E-state index is 13.0. The summed E-state index contributed by atoms with van der Waals surface area (Å²) >= 11 is 0. The van der Waals surface area contributed by atoms with Gasteiger partial charge in [-0.15, -0.1) is 0 Å². The molecule has 1 amide bonds. The van der Waals surface area contributed by atoms with Crippen molar-refractivity contribution in [1.82, 2.24) is 19.9 Å². The Morgan fingerprint density at radius 1 is 1.29 bits per heavy atom. The molecule has 1 saturated carbocycles. The van der Waals surface area contributed by atoms with Crippen LogP contribution in [0.3, 0.4) is 0 Å². The Labute approximate surface area is 164 Å². The first-order valence-corrected chi connectivity index (χ1v) is 9.98. The third-order valence-corrected chi connectivity index (χ3v) is 5.90. The van der Waals surface area contributed by atoms with Crippen LogP contribution in [0.15, 0.2) is 35.3 Å². The number of hydrogen-bond acceptors (Lipinski definition) is 5. The fourth-order valence-electron chi connectivity index (χ4n) is 4.35. The number of likely N-dealkylation sites (tertiary alicyclic amines) is 1. The summed E-state index contributed by atoms with van der Waals surface area (Å²) in [6.07, 6.45) is 6.51. The fraction of sp³-hybridized carbons (Fsp3) is 0.524. The van der Waals surface area contributed by atoms with Crippen LogP contribution in [-0.2, 0) is 9.53 Å². The molecule has 1 N–H and O–H groups in total. The molecule has 2 aromatic heterocycles. The van der Waals surface area contributed by atoms with Crippen LogP contribution in [0.1, 0.15) is 43.7 Å². The Balaban J connectivity index is 1.48. The molecule has 1 aliphatic carbocycles. The highest BCUT2D eigenvalue weighted by atomic mass is 16.5. The largest absolute Gasteiger partial charge is 0.381 e. The molecule has 0 spiro atoms. The van der Waals surface area contributed by atoms with E-state index in [1.807, 2.05) is 23.1 Å². The van der Waals surface area contributed by atoms with Crippen LogP contribution >= 0.6 is 0 Å². The maximum atomic E-state index is 13.0. The number of nitrogens with one attached hydrogen (secondary N) is 1. The van der Waals surface area contributed by atoms with E-state index in [1.54, 1.807) is 19.4 Å². The minimum atomic E-state index is -0.189. The van der Waals surface area contributed by atoms with E-state index in [0.717, 1.165) is 37.8 Å². The molecule has 0 radical (unpaired) electrons. The normalized spacial score (nSPS) is 25.0. The standard InChI is InChI=1S/C21H26N4O3/c1-28-16-6-4-5-14(11-16)21(27)25-10-8-15(13-25)18-12-19(26)24-20(23-18)17-7-2-3-9-22-17/h2-3,7,9,12,14-16H,4-6,8,10-11,13H2,1H3,(H,23,24,26). The summed E-state index contributed by atoms with van der Waals surface area (Å²) in [6, 6.07) is 7.06. The van der Waals surface area contributed by atoms with Gasteiger partial charge in [0.15, 0.2) is 5.82 Å². The molecular weight excluding hydrogens is 356 g/mol. The first-order valence-electron chi connectivity index (χ1n) is 9.98. The van der Waals surface area contributed by atoms with Crippen molar-refractivity contribution < 1.29 is 9.53 Å². The highest BCUT2D eigenvalue weighted by Gasteiger charge is 2.35. The summed E-state index contributed by atoms with van der Waals surface area (Å²) in [7, 11) is 1.72. The van der Waals surface area contributed by atoms with E-state index in [0.29, 0.717) is 24.6 Å². The molecule has 3 unspecified atom stereocenters. The van der Waals surface area contributed by atoms with Crippen LogP contribution in [0.25, 0.3) is 11.5 Å². The zero-order valence-corrected chi connectivity index (χ0v) is 16.1. The Hall–Kier alpha value is -2.54. The Morgan fingerprint density at radius 3 is 2.96 bits per heavy atom. The van der Waals surface area contributed by atoms with E-state index >= 15 is 0 Å². The van der Waals surface area contributed by atoms with Gasteiger partial charge in [-0.05, 0) is 37.8 Å². The van der Waals surface area contributed by atoms with Crippen molar-refractivity contribution in [2.24, 2.45) is 5.92 Å². The SMILES string of the molecule is COC1CCCC(C(=O)N2CCC(c3cc(=O)[nH]c(-c4ccccn4)n3)C2)C1. The summed E-state index contributed by atoms with van der Waals surface area (Å²) in [5.41, 5.74) is 1.18. The van der Waals surface area contributed by atoms with Gasteiger partial charge in [0, 0.05) is 44.3 Å². The number of aromatic amines is 1. The number of rotatable bonds is 4. The smallest absolute Gasteiger partial charge is 0.251 e. The number of hydrogen-bond donors (Lipinski definition) is 1. The zero-order valence-electron chi connectivity index (χ0n) is 16.1. The van der Waals surface area contributed by atoms with Crippen molar-refractivity contribution >= 4 is 5.91 Å². The molecule has 4 rings (SSSR count). The quantitative estimate of drug-likeness (QED) is 0.877. The average molecular weight is 382 g/mol. The molecule has 0 aromatic carbocycles. The van der Waals surface area contributed by atoms with Gasteiger partial charge >= 0.3 is 0 Å². The monoisotopic (exact) mass is 382 g/mol. The number of ether oxygens (including phenoxy) is 1. The van der Waals surface area contributed by atoms with E-state index in [9.17, 15) is 9.59 Å². The Bertz CT molecular complexity index is 883. The van der Waals surface area contributed by atoms with E-state index < -0.39 is 0 Å². The number of carbonyl (C=O) groups is 1. The lowest BCUT2D eigenvalue weighted by Crippen LogP contribution is -2.38. The lowest BCUT2D eigenvalue weighted by molar-refractivity contribution is -0.137. The lowest BCUT2D eigenvalue weighted by atomic mass is 9.86. The molecule has 28 heavy (non-hydrogen) atoms. The molecule has 0 bridgehead atoms. The number of methoxy groups -OCH3 is 1. The Kier molecular flexibility index (Phi) is 5.52. The molecule has 7 nitrogen and oxygen atoms in total. The molecule has 2 fully saturated rings. The number of amides is 1. The van der Waals surface area contributed by atoms with Gasteiger partial charge < -0.3 is 14.6 Å². The zero-order chi connectivity index (χ0) is 19.5. The second-order valence-corrected chi connectivity index (χ2v) is 7.72. The summed E-state index contributed by atoms with van der Waals surface area (Å²) in [5, 5.41) is 0. The number of H-pyrrole nitrogens is 1. The van der Waals surface area contributed by atoms with Crippen LogP contribution in [0.5, 0.6) is 0 Å². The van der Waals surface area contributed by atoms with Crippen molar-refractivity contribution in [3.63, 3.8) is 0 Å². The third kappa shape index (κ3) is 3.99. The maximum Gasteiger partial charge on any atom is 0.251 e. The predicted molar refractivity (Wildman–Crippen MR) is 105 cm³/mol. The second-order valence-electron chi connectivity index (χ2n) is 7.72. The highest BCUT2D eigenvalue weighted by molar-refractivity contribution is 5.79. The van der Waals surface area contributed by atoms with E-state index in [4.69, 9.17) is 4.74 Å². The van der Waals surface area contributed by atoms with Gasteiger partial charge in [0.25, 0.3) is 5.56 Å². The first-order chi connectivity index (χ1) is 13.6. The molecule has 148 valence electrons. The van der Waals surface area contributed by atoms with Crippen LogP contribution in [0.4, 0.5) is 0 Å². The molecule has 3 heterocycles. The molecule has 7 heteroatoms. The highest BCUT2D eigenvalue weighted by Crippen LogP contribution is 2.32. The molecule has 2 aromatic rings. The molecule has 1 saturated heterocycles. The summed E-state index contributed by atoms with van der Waals surface area (Å²) in [4.78, 5) is 38.7. The van der Waals surface area contributed by atoms with Crippen molar-refractivity contribution in [3.05, 3.63) is 46.5 Å². The van der Waals surface area contributed by atoms with Gasteiger partial charge in [-0.25, -0.2) is 4.98 Å². The minimum Gasteiger partial charge on any atom is -0.381 e.